The second kappa shape index (κ2) is 16.6. The molecule has 0 saturated heterocycles. The first-order chi connectivity index (χ1) is 7.76. The first-order valence-electron chi connectivity index (χ1n) is 6.41. The topological polar surface area (TPSA) is 20.2 Å². The maximum Gasteiger partial charge on any atom is 0.0428 e. The highest BCUT2D eigenvalue weighted by atomic mass is 16.2. The Morgan fingerprint density at radius 2 is 1.31 bits per heavy atom. The van der Waals surface area contributed by atoms with E-state index in [-0.39, 0.29) is 0 Å². The van der Waals surface area contributed by atoms with Gasteiger partial charge in [0.15, 0.2) is 0 Å². The molecule has 0 aliphatic rings. The molecule has 1 rings (SSSR count). The van der Waals surface area contributed by atoms with Crippen LogP contribution in [-0.4, -0.2) is 11.7 Å². The predicted molar refractivity (Wildman–Crippen MR) is 73.8 cm³/mol. The van der Waals surface area contributed by atoms with Gasteiger partial charge in [-0.3, -0.25) is 0 Å². The number of aliphatic hydroxyl groups excluding tert-OH is 1. The number of benzene rings is 1. The van der Waals surface area contributed by atoms with Crippen molar-refractivity contribution in [2.75, 3.05) is 6.61 Å². The van der Waals surface area contributed by atoms with E-state index in [0.29, 0.717) is 6.61 Å². The van der Waals surface area contributed by atoms with Crippen molar-refractivity contribution in [1.82, 2.24) is 0 Å². The fraction of sp³-hybridized carbons (Fsp3) is 0.600. The molecular formula is C15H28O. The highest BCUT2D eigenvalue weighted by molar-refractivity contribution is 5.14. The molecule has 1 aromatic carbocycles. The Hall–Kier alpha value is -0.820. The molecule has 94 valence electrons. The molecule has 0 saturated carbocycles. The lowest BCUT2D eigenvalue weighted by molar-refractivity contribution is 0.295. The molecule has 0 aliphatic carbocycles. The molecule has 0 heterocycles. The third-order valence-electron chi connectivity index (χ3n) is 1.61. The summed E-state index contributed by atoms with van der Waals surface area (Å²) in [7, 11) is 0. The zero-order valence-electron chi connectivity index (χ0n) is 11.4. The highest BCUT2D eigenvalue weighted by Gasteiger charge is 1.84. The maximum atomic E-state index is 7.88. The lowest BCUT2D eigenvalue weighted by Crippen LogP contribution is -1.78. The average Bonchev–Trinajstić information content (AvgIpc) is 2.32. The standard InChI is InChI=1S/C9H12.C3H8O.C3H8/c1-2-6-9-7-4-3-5-8-9;1-2-3-4;1-3-2/h3-5,7-8H,2,6H2,1H3;4H,2-3H2,1H3;3H2,1-2H3. The minimum atomic E-state index is 0.319. The average molecular weight is 224 g/mol. The third kappa shape index (κ3) is 15.6. The van der Waals surface area contributed by atoms with E-state index in [0.717, 1.165) is 6.42 Å². The van der Waals surface area contributed by atoms with Crippen molar-refractivity contribution < 1.29 is 5.11 Å². The fourth-order valence-electron chi connectivity index (χ4n) is 0.933. The molecule has 0 atom stereocenters. The Balaban J connectivity index is 0. The summed E-state index contributed by atoms with van der Waals surface area (Å²) in [5, 5.41) is 7.88. The summed E-state index contributed by atoms with van der Waals surface area (Å²) < 4.78 is 0. The van der Waals surface area contributed by atoms with Crippen molar-refractivity contribution in [3.8, 4) is 0 Å². The lowest BCUT2D eigenvalue weighted by Gasteiger charge is -1.93. The van der Waals surface area contributed by atoms with E-state index in [1.807, 2.05) is 6.92 Å². The third-order valence-corrected chi connectivity index (χ3v) is 1.61. The molecule has 0 amide bonds. The normalized spacial score (nSPS) is 8.31. The van der Waals surface area contributed by atoms with Crippen molar-refractivity contribution in [2.24, 2.45) is 0 Å². The van der Waals surface area contributed by atoms with Crippen LogP contribution < -0.4 is 0 Å². The van der Waals surface area contributed by atoms with E-state index in [1.54, 1.807) is 0 Å². The number of rotatable bonds is 3. The Labute approximate surface area is 102 Å². The number of hydrogen-bond donors (Lipinski definition) is 1. The Bertz CT molecular complexity index is 192. The van der Waals surface area contributed by atoms with Crippen molar-refractivity contribution in [3.05, 3.63) is 35.9 Å². The monoisotopic (exact) mass is 224 g/mol. The summed E-state index contributed by atoms with van der Waals surface area (Å²) in [4.78, 5) is 0. The summed E-state index contributed by atoms with van der Waals surface area (Å²) in [5.41, 5.74) is 1.44. The second-order valence-electron chi connectivity index (χ2n) is 3.67. The van der Waals surface area contributed by atoms with Crippen LogP contribution in [0.1, 0.15) is 52.5 Å². The van der Waals surface area contributed by atoms with Crippen LogP contribution >= 0.6 is 0 Å². The largest absolute Gasteiger partial charge is 0.396 e. The van der Waals surface area contributed by atoms with Gasteiger partial charge in [0.25, 0.3) is 0 Å². The molecule has 16 heavy (non-hydrogen) atoms. The van der Waals surface area contributed by atoms with Gasteiger partial charge in [-0.25, -0.2) is 0 Å². The van der Waals surface area contributed by atoms with Crippen molar-refractivity contribution in [2.45, 2.75) is 53.4 Å². The van der Waals surface area contributed by atoms with Gasteiger partial charge in [-0.2, -0.15) is 0 Å². The minimum Gasteiger partial charge on any atom is -0.396 e. The van der Waals surface area contributed by atoms with Crippen molar-refractivity contribution in [1.29, 1.82) is 0 Å². The van der Waals surface area contributed by atoms with Crippen LogP contribution in [0.4, 0.5) is 0 Å². The van der Waals surface area contributed by atoms with Gasteiger partial charge in [-0.1, -0.05) is 70.9 Å². The predicted octanol–water partition coefficient (Wildman–Crippen LogP) is 4.44. The van der Waals surface area contributed by atoms with Gasteiger partial charge in [0.1, 0.15) is 0 Å². The van der Waals surface area contributed by atoms with E-state index < -0.39 is 0 Å². The van der Waals surface area contributed by atoms with Gasteiger partial charge >= 0.3 is 0 Å². The zero-order chi connectivity index (χ0) is 12.6. The Morgan fingerprint density at radius 3 is 1.62 bits per heavy atom. The van der Waals surface area contributed by atoms with Gasteiger partial charge in [-0.15, -0.1) is 0 Å². The summed E-state index contributed by atoms with van der Waals surface area (Å²) >= 11 is 0. The molecule has 1 nitrogen and oxygen atoms in total. The Morgan fingerprint density at radius 1 is 0.875 bits per heavy atom. The van der Waals surface area contributed by atoms with Crippen LogP contribution in [0.5, 0.6) is 0 Å². The van der Waals surface area contributed by atoms with Crippen LogP contribution in [0, 0.1) is 0 Å². The molecule has 0 unspecified atom stereocenters. The molecule has 0 spiro atoms. The maximum absolute atomic E-state index is 7.88. The van der Waals surface area contributed by atoms with Gasteiger partial charge in [0.05, 0.1) is 0 Å². The van der Waals surface area contributed by atoms with Crippen LogP contribution in [-0.2, 0) is 6.42 Å². The number of aryl methyl sites for hydroxylation is 1. The summed E-state index contributed by atoms with van der Waals surface area (Å²) in [6.45, 7) is 8.70. The number of aliphatic hydroxyl groups is 1. The van der Waals surface area contributed by atoms with Crippen LogP contribution in [0.2, 0.25) is 0 Å². The molecule has 1 N–H and O–H groups in total. The molecule has 0 aromatic heterocycles. The first-order valence-corrected chi connectivity index (χ1v) is 6.41. The summed E-state index contributed by atoms with van der Waals surface area (Å²) in [5.74, 6) is 0. The van der Waals surface area contributed by atoms with E-state index >= 15 is 0 Å². The molecule has 0 bridgehead atoms. The molecular weight excluding hydrogens is 196 g/mol. The zero-order valence-corrected chi connectivity index (χ0v) is 11.4. The quantitative estimate of drug-likeness (QED) is 0.804. The van der Waals surface area contributed by atoms with E-state index in [4.69, 9.17) is 5.11 Å². The molecule has 1 aromatic rings. The SMILES string of the molecule is CCC.CCCO.CCCc1ccccc1. The van der Waals surface area contributed by atoms with E-state index in [9.17, 15) is 0 Å². The molecule has 0 radical (unpaired) electrons. The molecule has 0 aliphatic heterocycles. The van der Waals surface area contributed by atoms with Crippen LogP contribution in [0.25, 0.3) is 0 Å². The lowest BCUT2D eigenvalue weighted by atomic mass is 10.1. The smallest absolute Gasteiger partial charge is 0.0428 e. The van der Waals surface area contributed by atoms with Gasteiger partial charge < -0.3 is 5.11 Å². The first kappa shape index (κ1) is 17.6. The summed E-state index contributed by atoms with van der Waals surface area (Å²) in [6.07, 6.45) is 4.57. The highest BCUT2D eigenvalue weighted by Crippen LogP contribution is 2.00. The summed E-state index contributed by atoms with van der Waals surface area (Å²) in [6, 6.07) is 10.6. The minimum absolute atomic E-state index is 0.319. The van der Waals surface area contributed by atoms with Gasteiger partial charge in [-0.05, 0) is 18.4 Å². The molecule has 0 fully saturated rings. The second-order valence-corrected chi connectivity index (χ2v) is 3.67. The number of hydrogen-bond acceptors (Lipinski definition) is 1. The van der Waals surface area contributed by atoms with Gasteiger partial charge in [0, 0.05) is 6.61 Å². The van der Waals surface area contributed by atoms with Crippen LogP contribution in [0.15, 0.2) is 30.3 Å². The van der Waals surface area contributed by atoms with Crippen molar-refractivity contribution in [3.63, 3.8) is 0 Å². The van der Waals surface area contributed by atoms with E-state index in [2.05, 4.69) is 51.1 Å². The van der Waals surface area contributed by atoms with Crippen LogP contribution in [0.3, 0.4) is 0 Å². The fourth-order valence-corrected chi connectivity index (χ4v) is 0.933. The van der Waals surface area contributed by atoms with E-state index in [1.165, 1.54) is 24.8 Å². The molecule has 1 heteroatoms. The Kier molecular flexibility index (Phi) is 18.2. The van der Waals surface area contributed by atoms with Gasteiger partial charge in [0.2, 0.25) is 0 Å². The van der Waals surface area contributed by atoms with Crippen molar-refractivity contribution >= 4 is 0 Å².